The van der Waals surface area contributed by atoms with Crippen LogP contribution in [0.1, 0.15) is 25.1 Å². The lowest BCUT2D eigenvalue weighted by atomic mass is 10.3. The van der Waals surface area contributed by atoms with E-state index in [1.165, 1.54) is 11.3 Å². The van der Waals surface area contributed by atoms with Crippen LogP contribution in [0.25, 0.3) is 0 Å². The Morgan fingerprint density at radius 3 is 2.87 bits per heavy atom. The van der Waals surface area contributed by atoms with Crippen LogP contribution < -0.4 is 10.6 Å². The van der Waals surface area contributed by atoms with Crippen molar-refractivity contribution in [1.29, 1.82) is 0 Å². The average molecular weight is 247 g/mol. The third kappa shape index (κ3) is 5.52. The molecule has 0 aliphatic heterocycles. The van der Waals surface area contributed by atoms with Gasteiger partial charge in [-0.1, -0.05) is 18.5 Å². The summed E-state index contributed by atoms with van der Waals surface area (Å²) in [6.45, 7) is 7.40. The fourth-order valence-electron chi connectivity index (χ4n) is 1.29. The fourth-order valence-corrected chi connectivity index (χ4v) is 2.33. The summed E-state index contributed by atoms with van der Waals surface area (Å²) in [5, 5.41) is 6.85. The number of hydrogen-bond donors (Lipinski definition) is 2. The summed E-state index contributed by atoms with van der Waals surface area (Å²) < 4.78 is 0.864. The highest BCUT2D eigenvalue weighted by atomic mass is 35.5. The SMILES string of the molecule is CCCNCC(C)NCc1ccc(Cl)s1. The monoisotopic (exact) mass is 246 g/mol. The molecule has 1 atom stereocenters. The lowest BCUT2D eigenvalue weighted by Gasteiger charge is -2.13. The topological polar surface area (TPSA) is 24.1 Å². The Morgan fingerprint density at radius 2 is 2.27 bits per heavy atom. The molecule has 1 aromatic rings. The average Bonchev–Trinajstić information content (AvgIpc) is 2.62. The van der Waals surface area contributed by atoms with Gasteiger partial charge in [0.25, 0.3) is 0 Å². The zero-order valence-corrected chi connectivity index (χ0v) is 10.9. The Labute approximate surface area is 101 Å². The van der Waals surface area contributed by atoms with Crippen LogP contribution in [0.3, 0.4) is 0 Å². The number of hydrogen-bond acceptors (Lipinski definition) is 3. The van der Waals surface area contributed by atoms with E-state index in [2.05, 4.69) is 30.5 Å². The van der Waals surface area contributed by atoms with Gasteiger partial charge in [0.1, 0.15) is 0 Å². The van der Waals surface area contributed by atoms with E-state index in [-0.39, 0.29) is 0 Å². The first-order valence-electron chi connectivity index (χ1n) is 5.40. The van der Waals surface area contributed by atoms with Gasteiger partial charge in [-0.3, -0.25) is 0 Å². The minimum absolute atomic E-state index is 0.498. The molecule has 1 aromatic heterocycles. The smallest absolute Gasteiger partial charge is 0.0931 e. The first-order valence-corrected chi connectivity index (χ1v) is 6.60. The van der Waals surface area contributed by atoms with Gasteiger partial charge in [0, 0.05) is 24.0 Å². The van der Waals surface area contributed by atoms with E-state index in [4.69, 9.17) is 11.6 Å². The van der Waals surface area contributed by atoms with Gasteiger partial charge in [-0.25, -0.2) is 0 Å². The van der Waals surface area contributed by atoms with Gasteiger partial charge >= 0.3 is 0 Å². The Morgan fingerprint density at radius 1 is 1.47 bits per heavy atom. The highest BCUT2D eigenvalue weighted by Crippen LogP contribution is 2.20. The Hall–Kier alpha value is -0.0900. The summed E-state index contributed by atoms with van der Waals surface area (Å²) in [6.07, 6.45) is 1.19. The summed E-state index contributed by atoms with van der Waals surface area (Å²) in [4.78, 5) is 1.29. The summed E-state index contributed by atoms with van der Waals surface area (Å²) in [6, 6.07) is 4.52. The summed E-state index contributed by atoms with van der Waals surface area (Å²) in [5.41, 5.74) is 0. The zero-order chi connectivity index (χ0) is 11.1. The van der Waals surface area contributed by atoms with Crippen LogP contribution in [-0.4, -0.2) is 19.1 Å². The molecule has 0 saturated heterocycles. The van der Waals surface area contributed by atoms with Crippen LogP contribution in [0.2, 0.25) is 4.34 Å². The zero-order valence-electron chi connectivity index (χ0n) is 9.35. The van der Waals surface area contributed by atoms with Crippen molar-refractivity contribution in [3.05, 3.63) is 21.3 Å². The Bertz CT molecular complexity index is 275. The minimum Gasteiger partial charge on any atom is -0.315 e. The second kappa shape index (κ2) is 7.23. The molecule has 15 heavy (non-hydrogen) atoms. The van der Waals surface area contributed by atoms with Crippen LogP contribution in [0.15, 0.2) is 12.1 Å². The van der Waals surface area contributed by atoms with Crippen molar-refractivity contribution in [2.45, 2.75) is 32.9 Å². The first-order chi connectivity index (χ1) is 7.22. The normalized spacial score (nSPS) is 13.0. The molecule has 86 valence electrons. The molecule has 1 unspecified atom stereocenters. The van der Waals surface area contributed by atoms with Crippen molar-refractivity contribution in [1.82, 2.24) is 10.6 Å². The Kier molecular flexibility index (Phi) is 6.25. The van der Waals surface area contributed by atoms with Crippen molar-refractivity contribution in [3.63, 3.8) is 0 Å². The maximum Gasteiger partial charge on any atom is 0.0931 e. The molecule has 2 N–H and O–H groups in total. The second-order valence-corrected chi connectivity index (χ2v) is 5.49. The number of nitrogens with one attached hydrogen (secondary N) is 2. The summed E-state index contributed by atoms with van der Waals surface area (Å²) in [7, 11) is 0. The third-order valence-electron chi connectivity index (χ3n) is 2.13. The molecule has 1 rings (SSSR count). The van der Waals surface area contributed by atoms with Crippen molar-refractivity contribution >= 4 is 22.9 Å². The van der Waals surface area contributed by atoms with Crippen molar-refractivity contribution < 1.29 is 0 Å². The molecule has 0 aliphatic carbocycles. The molecule has 0 bridgehead atoms. The van der Waals surface area contributed by atoms with E-state index >= 15 is 0 Å². The molecule has 4 heteroatoms. The standard InChI is InChI=1S/C11H19ClN2S/c1-3-6-13-7-9(2)14-8-10-4-5-11(12)15-10/h4-5,9,13-14H,3,6-8H2,1-2H3. The summed E-state index contributed by atoms with van der Waals surface area (Å²) >= 11 is 7.50. The maximum absolute atomic E-state index is 5.86. The van der Waals surface area contributed by atoms with Crippen LogP contribution in [0, 0.1) is 0 Å². The molecule has 0 amide bonds. The predicted molar refractivity (Wildman–Crippen MR) is 68.8 cm³/mol. The molecule has 1 heterocycles. The largest absolute Gasteiger partial charge is 0.315 e. The highest BCUT2D eigenvalue weighted by molar-refractivity contribution is 7.16. The highest BCUT2D eigenvalue weighted by Gasteiger charge is 2.02. The van der Waals surface area contributed by atoms with Gasteiger partial charge in [-0.05, 0) is 32.0 Å². The summed E-state index contributed by atoms with van der Waals surface area (Å²) in [5.74, 6) is 0. The van der Waals surface area contributed by atoms with Crippen LogP contribution in [0.5, 0.6) is 0 Å². The van der Waals surface area contributed by atoms with Gasteiger partial charge < -0.3 is 10.6 Å². The van der Waals surface area contributed by atoms with Crippen LogP contribution in [0.4, 0.5) is 0 Å². The van der Waals surface area contributed by atoms with Crippen molar-refractivity contribution in [3.8, 4) is 0 Å². The molecule has 0 spiro atoms. The van der Waals surface area contributed by atoms with E-state index in [0.29, 0.717) is 6.04 Å². The van der Waals surface area contributed by atoms with E-state index in [1.54, 1.807) is 11.3 Å². The van der Waals surface area contributed by atoms with Gasteiger partial charge in [0.15, 0.2) is 0 Å². The molecule has 0 fully saturated rings. The molecular formula is C11H19ClN2S. The lowest BCUT2D eigenvalue weighted by Crippen LogP contribution is -2.36. The molecule has 0 saturated carbocycles. The van der Waals surface area contributed by atoms with Crippen LogP contribution in [-0.2, 0) is 6.54 Å². The molecule has 2 nitrogen and oxygen atoms in total. The molecule has 0 aliphatic rings. The van der Waals surface area contributed by atoms with Gasteiger partial charge in [-0.15, -0.1) is 11.3 Å². The van der Waals surface area contributed by atoms with E-state index in [0.717, 1.165) is 24.0 Å². The second-order valence-electron chi connectivity index (χ2n) is 3.69. The Balaban J connectivity index is 2.13. The van der Waals surface area contributed by atoms with E-state index in [1.807, 2.05) is 6.07 Å². The number of halogens is 1. The van der Waals surface area contributed by atoms with Gasteiger partial charge in [0.2, 0.25) is 0 Å². The molecular weight excluding hydrogens is 228 g/mol. The first kappa shape index (κ1) is 13.0. The predicted octanol–water partition coefficient (Wildman–Crippen LogP) is 2.88. The van der Waals surface area contributed by atoms with Gasteiger partial charge in [0.05, 0.1) is 4.34 Å². The quantitative estimate of drug-likeness (QED) is 0.723. The van der Waals surface area contributed by atoms with Gasteiger partial charge in [-0.2, -0.15) is 0 Å². The van der Waals surface area contributed by atoms with E-state index in [9.17, 15) is 0 Å². The fraction of sp³-hybridized carbons (Fsp3) is 0.636. The van der Waals surface area contributed by atoms with Crippen molar-refractivity contribution in [2.24, 2.45) is 0 Å². The molecule has 0 aromatic carbocycles. The minimum atomic E-state index is 0.498. The number of thiophene rings is 1. The third-order valence-corrected chi connectivity index (χ3v) is 3.36. The van der Waals surface area contributed by atoms with E-state index < -0.39 is 0 Å². The maximum atomic E-state index is 5.86. The lowest BCUT2D eigenvalue weighted by molar-refractivity contribution is 0.503. The number of rotatable bonds is 7. The molecule has 0 radical (unpaired) electrons. The van der Waals surface area contributed by atoms with Crippen LogP contribution >= 0.6 is 22.9 Å². The van der Waals surface area contributed by atoms with Crippen molar-refractivity contribution in [2.75, 3.05) is 13.1 Å².